The molecule has 0 rings (SSSR count). The Morgan fingerprint density at radius 3 is 1.30 bits per heavy atom. The van der Waals surface area contributed by atoms with Gasteiger partial charge in [0.25, 0.3) is 0 Å². The number of ether oxygens (including phenoxy) is 1. The molecule has 3 N–H and O–H groups in total. The third-order valence-corrected chi connectivity index (χ3v) is 10.0. The van der Waals surface area contributed by atoms with E-state index in [0.29, 0.717) is 19.3 Å². The lowest BCUT2D eigenvalue weighted by Gasteiger charge is -2.23. The van der Waals surface area contributed by atoms with Crippen molar-refractivity contribution in [3.63, 3.8) is 0 Å². The molecule has 1 amide bonds. The highest BCUT2D eigenvalue weighted by atomic mass is 16.5. The van der Waals surface area contributed by atoms with Crippen LogP contribution in [0.2, 0.25) is 0 Å². The molecule has 3 atom stereocenters. The quantitative estimate of drug-likeness (QED) is 0.0324. The van der Waals surface area contributed by atoms with Crippen molar-refractivity contribution in [2.45, 2.75) is 206 Å². The minimum Gasteiger partial charge on any atom is -0.458 e. The highest BCUT2D eigenvalue weighted by Crippen LogP contribution is 2.14. The van der Waals surface area contributed by atoms with Gasteiger partial charge in [-0.15, -0.1) is 0 Å². The summed E-state index contributed by atoms with van der Waals surface area (Å²) in [6.07, 6.45) is 65.8. The largest absolute Gasteiger partial charge is 0.458 e. The Balaban J connectivity index is 4.89. The Hall–Kier alpha value is -3.74. The molecule has 0 saturated heterocycles. The molecule has 0 saturated carbocycles. The van der Waals surface area contributed by atoms with Crippen molar-refractivity contribution in [2.24, 2.45) is 0 Å². The number of aliphatic hydroxyl groups is 2. The van der Waals surface area contributed by atoms with Crippen LogP contribution in [0.25, 0.3) is 0 Å². The van der Waals surface area contributed by atoms with E-state index >= 15 is 0 Å². The minimum absolute atomic E-state index is 0.0834. The lowest BCUT2D eigenvalue weighted by Crippen LogP contribution is -2.46. The van der Waals surface area contributed by atoms with Crippen LogP contribution in [-0.2, 0) is 14.3 Å². The number of rotatable bonds is 41. The predicted octanol–water partition coefficient (Wildman–Crippen LogP) is 14.5. The number of amides is 1. The van der Waals surface area contributed by atoms with E-state index in [1.54, 1.807) is 6.08 Å². The fraction of sp³-hybridized carbons (Fsp3) is 0.600. The molecule has 0 radical (unpaired) electrons. The summed E-state index contributed by atoms with van der Waals surface area (Å²) in [7, 11) is 0. The second-order valence-electron chi connectivity index (χ2n) is 15.7. The monoisotopic (exact) mass is 844 g/mol. The van der Waals surface area contributed by atoms with Crippen LogP contribution in [0.15, 0.2) is 122 Å². The fourth-order valence-electron chi connectivity index (χ4n) is 6.44. The van der Waals surface area contributed by atoms with Gasteiger partial charge in [0.1, 0.15) is 6.10 Å². The van der Waals surface area contributed by atoms with Gasteiger partial charge in [0, 0.05) is 6.42 Å². The summed E-state index contributed by atoms with van der Waals surface area (Å²) >= 11 is 0. The molecule has 0 aliphatic heterocycles. The SMILES string of the molecule is CC/C=C/C/C=C/C/C=C/C/C=C/C/C=C/CCC(=O)OC(/C=C/C/C=C/C/C=C/C/C=C/C/C=C/CC)CC(=O)NC(CO)C(O)CCCCCCCCCCCCCC. The van der Waals surface area contributed by atoms with Gasteiger partial charge in [-0.2, -0.15) is 0 Å². The van der Waals surface area contributed by atoms with Gasteiger partial charge < -0.3 is 20.3 Å². The summed E-state index contributed by atoms with van der Waals surface area (Å²) in [5, 5.41) is 23.6. The number of carbonyl (C=O) groups excluding carboxylic acids is 2. The van der Waals surface area contributed by atoms with E-state index in [0.717, 1.165) is 77.0 Å². The van der Waals surface area contributed by atoms with E-state index in [1.807, 2.05) is 18.2 Å². The molecule has 6 nitrogen and oxygen atoms in total. The Morgan fingerprint density at radius 2 is 0.885 bits per heavy atom. The Labute approximate surface area is 374 Å². The number of allylic oxidation sites excluding steroid dienone is 19. The first-order valence-corrected chi connectivity index (χ1v) is 24.3. The third kappa shape index (κ3) is 42.7. The Bertz CT molecular complexity index is 1310. The zero-order chi connectivity index (χ0) is 44.5. The van der Waals surface area contributed by atoms with Gasteiger partial charge in [-0.1, -0.05) is 213 Å². The maximum absolute atomic E-state index is 13.1. The number of unbranched alkanes of at least 4 members (excludes halogenated alkanes) is 11. The zero-order valence-electron chi connectivity index (χ0n) is 39.0. The van der Waals surface area contributed by atoms with Gasteiger partial charge in [-0.25, -0.2) is 0 Å². The van der Waals surface area contributed by atoms with Crippen LogP contribution < -0.4 is 5.32 Å². The number of carbonyl (C=O) groups is 2. The van der Waals surface area contributed by atoms with Gasteiger partial charge in [-0.05, 0) is 83.1 Å². The second kappa shape index (κ2) is 47.3. The molecule has 0 aliphatic rings. The van der Waals surface area contributed by atoms with E-state index < -0.39 is 18.2 Å². The van der Waals surface area contributed by atoms with Gasteiger partial charge >= 0.3 is 5.97 Å². The Kier molecular flexibility index (Phi) is 44.4. The minimum atomic E-state index is -0.838. The van der Waals surface area contributed by atoms with E-state index in [1.165, 1.54) is 57.8 Å². The smallest absolute Gasteiger partial charge is 0.306 e. The molecule has 344 valence electrons. The number of hydrogen-bond acceptors (Lipinski definition) is 5. The molecule has 0 aromatic carbocycles. The number of hydrogen-bond donors (Lipinski definition) is 3. The maximum Gasteiger partial charge on any atom is 0.306 e. The normalized spacial score (nSPS) is 14.4. The summed E-state index contributed by atoms with van der Waals surface area (Å²) in [4.78, 5) is 26.0. The van der Waals surface area contributed by atoms with Crippen LogP contribution in [-0.4, -0.2) is 46.9 Å². The molecule has 0 fully saturated rings. The van der Waals surface area contributed by atoms with Crippen LogP contribution >= 0.6 is 0 Å². The van der Waals surface area contributed by atoms with Crippen LogP contribution in [0.1, 0.15) is 188 Å². The summed E-state index contributed by atoms with van der Waals surface area (Å²) < 4.78 is 5.76. The van der Waals surface area contributed by atoms with Crippen molar-refractivity contribution in [1.29, 1.82) is 0 Å². The first-order chi connectivity index (χ1) is 30.0. The lowest BCUT2D eigenvalue weighted by atomic mass is 10.0. The van der Waals surface area contributed by atoms with Crippen LogP contribution in [0.3, 0.4) is 0 Å². The average Bonchev–Trinajstić information content (AvgIpc) is 3.25. The molecular weight excluding hydrogens is 755 g/mol. The van der Waals surface area contributed by atoms with Crippen molar-refractivity contribution in [3.8, 4) is 0 Å². The fourth-order valence-corrected chi connectivity index (χ4v) is 6.44. The van der Waals surface area contributed by atoms with E-state index in [4.69, 9.17) is 4.74 Å². The zero-order valence-corrected chi connectivity index (χ0v) is 39.0. The number of aliphatic hydroxyl groups excluding tert-OH is 2. The van der Waals surface area contributed by atoms with Crippen molar-refractivity contribution >= 4 is 11.9 Å². The molecule has 0 heterocycles. The molecular formula is C55H89NO5. The molecule has 0 aliphatic carbocycles. The molecule has 0 spiro atoms. The summed E-state index contributed by atoms with van der Waals surface area (Å²) in [6.45, 7) is 6.17. The molecule has 3 unspecified atom stereocenters. The van der Waals surface area contributed by atoms with E-state index in [9.17, 15) is 19.8 Å². The maximum atomic E-state index is 13.1. The first kappa shape index (κ1) is 57.3. The third-order valence-electron chi connectivity index (χ3n) is 10.0. The van der Waals surface area contributed by atoms with E-state index in [-0.39, 0.29) is 31.3 Å². The predicted molar refractivity (Wildman–Crippen MR) is 263 cm³/mol. The van der Waals surface area contributed by atoms with Crippen LogP contribution in [0.5, 0.6) is 0 Å². The van der Waals surface area contributed by atoms with Crippen LogP contribution in [0, 0.1) is 0 Å². The van der Waals surface area contributed by atoms with Gasteiger partial charge in [-0.3, -0.25) is 9.59 Å². The van der Waals surface area contributed by atoms with Crippen molar-refractivity contribution in [1.82, 2.24) is 5.32 Å². The summed E-state index contributed by atoms with van der Waals surface area (Å²) in [5.74, 6) is -0.741. The van der Waals surface area contributed by atoms with Crippen molar-refractivity contribution < 1.29 is 24.5 Å². The van der Waals surface area contributed by atoms with E-state index in [2.05, 4.69) is 123 Å². The topological polar surface area (TPSA) is 95.9 Å². The van der Waals surface area contributed by atoms with Gasteiger partial charge in [0.05, 0.1) is 25.2 Å². The van der Waals surface area contributed by atoms with Crippen molar-refractivity contribution in [2.75, 3.05) is 6.61 Å². The summed E-state index contributed by atoms with van der Waals surface area (Å²) in [5.41, 5.74) is 0. The highest BCUT2D eigenvalue weighted by molar-refractivity contribution is 5.78. The number of esters is 1. The highest BCUT2D eigenvalue weighted by Gasteiger charge is 2.23. The standard InChI is InChI=1S/C55H89NO5/c1-4-7-10-13-16-19-22-25-27-28-30-33-36-39-42-45-48-55(60)61-51(46-43-40-37-34-31-29-26-23-20-17-14-11-8-5-2)49-54(59)56-52(50-57)53(58)47-44-41-38-35-32-24-21-18-15-12-9-6-3/h7-8,10-11,16-17,19-20,25-27,29-30,33-34,37,39,42-43,46,51-53,57-58H,4-6,9,12-15,18,21-24,28,31-32,35-36,38,40-41,44-45,47-50H2,1-3H3,(H,56,59)/b10-7+,11-8+,19-16+,20-17+,27-25+,29-26+,33-30+,37-34+,42-39+,46-43+. The Morgan fingerprint density at radius 1 is 0.508 bits per heavy atom. The molecule has 0 aromatic heterocycles. The summed E-state index contributed by atoms with van der Waals surface area (Å²) in [6, 6.07) is -0.764. The molecule has 6 heteroatoms. The molecule has 0 bridgehead atoms. The molecule has 0 aromatic rings. The lowest BCUT2D eigenvalue weighted by molar-refractivity contribution is -0.148. The molecule has 61 heavy (non-hydrogen) atoms. The second-order valence-corrected chi connectivity index (χ2v) is 15.7. The van der Waals surface area contributed by atoms with Gasteiger partial charge in [0.15, 0.2) is 0 Å². The first-order valence-electron chi connectivity index (χ1n) is 24.3. The number of nitrogens with one attached hydrogen (secondary N) is 1. The van der Waals surface area contributed by atoms with Crippen molar-refractivity contribution in [3.05, 3.63) is 122 Å². The average molecular weight is 844 g/mol. The van der Waals surface area contributed by atoms with Gasteiger partial charge in [0.2, 0.25) is 5.91 Å². The van der Waals surface area contributed by atoms with Crippen LogP contribution in [0.4, 0.5) is 0 Å².